The van der Waals surface area contributed by atoms with Crippen LogP contribution < -0.4 is 5.32 Å². The molecule has 1 aliphatic rings. The fourth-order valence-corrected chi connectivity index (χ4v) is 2.50. The third kappa shape index (κ3) is 1.82. The van der Waals surface area contributed by atoms with E-state index in [0.29, 0.717) is 12.0 Å². The van der Waals surface area contributed by atoms with Gasteiger partial charge < -0.3 is 9.88 Å². The molecule has 0 amide bonds. The van der Waals surface area contributed by atoms with Gasteiger partial charge in [-0.3, -0.25) is 0 Å². The number of anilines is 1. The summed E-state index contributed by atoms with van der Waals surface area (Å²) in [5.41, 5.74) is 2.51. The predicted octanol–water partition coefficient (Wildman–Crippen LogP) is 2.96. The topological polar surface area (TPSA) is 29.9 Å². The van der Waals surface area contributed by atoms with Crippen LogP contribution in [0.3, 0.4) is 0 Å². The molecule has 1 aromatic heterocycles. The second kappa shape index (κ2) is 3.91. The zero-order valence-corrected chi connectivity index (χ0v) is 10.2. The molecule has 0 aliphatic heterocycles. The van der Waals surface area contributed by atoms with Crippen LogP contribution in [0.1, 0.15) is 29.6 Å². The highest BCUT2D eigenvalue weighted by Crippen LogP contribution is 2.52. The lowest BCUT2D eigenvalue weighted by atomic mass is 10.1. The summed E-state index contributed by atoms with van der Waals surface area (Å²) in [5, 5.41) is 3.16. The molecule has 88 valence electrons. The van der Waals surface area contributed by atoms with Crippen molar-refractivity contribution in [1.29, 1.82) is 0 Å². The van der Waals surface area contributed by atoms with Crippen LogP contribution in [0.5, 0.6) is 0 Å². The Morgan fingerprint density at radius 2 is 2.06 bits per heavy atom. The van der Waals surface area contributed by atoms with Crippen LogP contribution in [0.4, 0.5) is 5.95 Å². The van der Waals surface area contributed by atoms with Crippen LogP contribution in [0, 0.1) is 6.92 Å². The number of rotatable bonds is 3. The molecule has 1 aromatic carbocycles. The highest BCUT2D eigenvalue weighted by atomic mass is 15.2. The van der Waals surface area contributed by atoms with E-state index in [4.69, 9.17) is 0 Å². The Balaban J connectivity index is 1.84. The number of aromatic nitrogens is 2. The molecular weight excluding hydrogens is 210 g/mol. The lowest BCUT2D eigenvalue weighted by Gasteiger charge is -2.06. The van der Waals surface area contributed by atoms with Crippen molar-refractivity contribution in [2.24, 2.45) is 0 Å². The summed E-state index contributed by atoms with van der Waals surface area (Å²) in [6.07, 6.45) is 3.36. The van der Waals surface area contributed by atoms with Crippen LogP contribution in [-0.4, -0.2) is 16.6 Å². The van der Waals surface area contributed by atoms with Gasteiger partial charge in [0.15, 0.2) is 0 Å². The molecule has 0 bridgehead atoms. The van der Waals surface area contributed by atoms with Crippen LogP contribution in [0.2, 0.25) is 0 Å². The number of aryl methyl sites for hydroxylation is 1. The molecule has 3 heteroatoms. The number of nitrogens with zero attached hydrogens (tertiary/aromatic N) is 2. The van der Waals surface area contributed by atoms with Gasteiger partial charge in [-0.1, -0.05) is 30.3 Å². The molecule has 1 saturated carbocycles. The van der Waals surface area contributed by atoms with Gasteiger partial charge in [-0.25, -0.2) is 4.98 Å². The zero-order chi connectivity index (χ0) is 11.8. The molecule has 17 heavy (non-hydrogen) atoms. The normalized spacial score (nSPS) is 22.5. The molecule has 1 aliphatic carbocycles. The molecule has 2 unspecified atom stereocenters. The maximum absolute atomic E-state index is 4.47. The van der Waals surface area contributed by atoms with Crippen molar-refractivity contribution < 1.29 is 0 Å². The van der Waals surface area contributed by atoms with Crippen molar-refractivity contribution in [3.05, 3.63) is 47.8 Å². The molecule has 2 atom stereocenters. The molecule has 3 nitrogen and oxygen atoms in total. The van der Waals surface area contributed by atoms with E-state index >= 15 is 0 Å². The van der Waals surface area contributed by atoms with Crippen molar-refractivity contribution in [3.63, 3.8) is 0 Å². The summed E-state index contributed by atoms with van der Waals surface area (Å²) in [4.78, 5) is 4.47. The second-order valence-corrected chi connectivity index (χ2v) is 4.68. The third-order valence-electron chi connectivity index (χ3n) is 3.42. The minimum atomic E-state index is 0.570. The summed E-state index contributed by atoms with van der Waals surface area (Å²) in [7, 11) is 1.93. The highest BCUT2D eigenvalue weighted by Gasteiger charge is 2.40. The Morgan fingerprint density at radius 3 is 2.76 bits per heavy atom. The Bertz CT molecular complexity index is 516. The molecule has 1 N–H and O–H groups in total. The van der Waals surface area contributed by atoms with E-state index in [0.717, 1.165) is 11.6 Å². The molecule has 0 saturated heterocycles. The van der Waals surface area contributed by atoms with Crippen LogP contribution in [0.25, 0.3) is 0 Å². The van der Waals surface area contributed by atoms with Gasteiger partial charge in [-0.2, -0.15) is 0 Å². The van der Waals surface area contributed by atoms with Gasteiger partial charge in [0.25, 0.3) is 0 Å². The first-order valence-corrected chi connectivity index (χ1v) is 6.08. The highest BCUT2D eigenvalue weighted by molar-refractivity contribution is 5.34. The van der Waals surface area contributed by atoms with Gasteiger partial charge in [-0.05, 0) is 18.9 Å². The van der Waals surface area contributed by atoms with E-state index in [1.165, 1.54) is 12.0 Å². The number of hydrogen-bond acceptors (Lipinski definition) is 2. The number of hydrogen-bond donors (Lipinski definition) is 1. The molecule has 2 aromatic rings. The summed E-state index contributed by atoms with van der Waals surface area (Å²) in [6.45, 7) is 2.04. The van der Waals surface area contributed by atoms with Crippen LogP contribution in [-0.2, 0) is 0 Å². The van der Waals surface area contributed by atoms with E-state index in [-0.39, 0.29) is 0 Å². The third-order valence-corrected chi connectivity index (χ3v) is 3.42. The van der Waals surface area contributed by atoms with Crippen molar-refractivity contribution in [2.45, 2.75) is 25.3 Å². The summed E-state index contributed by atoms with van der Waals surface area (Å²) in [5.74, 6) is 1.63. The van der Waals surface area contributed by atoms with Crippen molar-refractivity contribution in [2.75, 3.05) is 12.4 Å². The maximum Gasteiger partial charge on any atom is 0.203 e. The number of benzene rings is 1. The zero-order valence-electron chi connectivity index (χ0n) is 10.2. The first-order valence-electron chi connectivity index (χ1n) is 6.08. The van der Waals surface area contributed by atoms with Crippen molar-refractivity contribution in [3.8, 4) is 0 Å². The average molecular weight is 227 g/mol. The maximum atomic E-state index is 4.47. The van der Waals surface area contributed by atoms with Gasteiger partial charge >= 0.3 is 0 Å². The number of nitrogens with one attached hydrogen (secondary N) is 1. The SMILES string of the molecule is CNc1nc(C)cn1C1CC1c1ccccc1. The Kier molecular flexibility index (Phi) is 2.39. The fraction of sp³-hybridized carbons (Fsp3) is 0.357. The standard InChI is InChI=1S/C14H17N3/c1-10-9-17(14(15-2)16-10)13-8-12(13)11-6-4-3-5-7-11/h3-7,9,12-13H,8H2,1-2H3,(H,15,16). The predicted molar refractivity (Wildman–Crippen MR) is 69.3 cm³/mol. The minimum absolute atomic E-state index is 0.570. The lowest BCUT2D eigenvalue weighted by molar-refractivity contribution is 0.723. The van der Waals surface area contributed by atoms with E-state index in [1.54, 1.807) is 0 Å². The van der Waals surface area contributed by atoms with Gasteiger partial charge in [0.1, 0.15) is 0 Å². The van der Waals surface area contributed by atoms with E-state index in [9.17, 15) is 0 Å². The molecule has 1 heterocycles. The van der Waals surface area contributed by atoms with E-state index in [1.807, 2.05) is 14.0 Å². The Morgan fingerprint density at radius 1 is 1.29 bits per heavy atom. The monoisotopic (exact) mass is 227 g/mol. The molecule has 3 rings (SSSR count). The van der Waals surface area contributed by atoms with E-state index < -0.39 is 0 Å². The molecular formula is C14H17N3. The lowest BCUT2D eigenvalue weighted by Crippen LogP contribution is -2.01. The summed E-state index contributed by atoms with van der Waals surface area (Å²) >= 11 is 0. The average Bonchev–Trinajstić information content (AvgIpc) is 3.07. The smallest absolute Gasteiger partial charge is 0.203 e. The van der Waals surface area contributed by atoms with Crippen LogP contribution in [0.15, 0.2) is 36.5 Å². The minimum Gasteiger partial charge on any atom is -0.359 e. The number of imidazole rings is 1. The van der Waals surface area contributed by atoms with Gasteiger partial charge in [0.05, 0.1) is 5.69 Å². The quantitative estimate of drug-likeness (QED) is 0.873. The Labute approximate surface area is 101 Å². The van der Waals surface area contributed by atoms with Gasteiger partial charge in [0, 0.05) is 25.2 Å². The first-order chi connectivity index (χ1) is 8.29. The second-order valence-electron chi connectivity index (χ2n) is 4.68. The van der Waals surface area contributed by atoms with Crippen molar-refractivity contribution >= 4 is 5.95 Å². The molecule has 0 spiro atoms. The Hall–Kier alpha value is -1.77. The first kappa shape index (κ1) is 10.4. The summed E-state index contributed by atoms with van der Waals surface area (Å²) in [6, 6.07) is 11.3. The largest absolute Gasteiger partial charge is 0.359 e. The molecule has 0 radical (unpaired) electrons. The van der Waals surface area contributed by atoms with E-state index in [2.05, 4.69) is 51.4 Å². The van der Waals surface area contributed by atoms with Crippen LogP contribution >= 0.6 is 0 Å². The van der Waals surface area contributed by atoms with Gasteiger partial charge in [0.2, 0.25) is 5.95 Å². The van der Waals surface area contributed by atoms with Gasteiger partial charge in [-0.15, -0.1) is 0 Å². The summed E-state index contributed by atoms with van der Waals surface area (Å²) < 4.78 is 2.27. The fourth-order valence-electron chi connectivity index (χ4n) is 2.50. The molecule has 1 fully saturated rings. The van der Waals surface area contributed by atoms with Crippen molar-refractivity contribution in [1.82, 2.24) is 9.55 Å².